The van der Waals surface area contributed by atoms with Crippen molar-refractivity contribution in [2.45, 2.75) is 99.7 Å². The van der Waals surface area contributed by atoms with Crippen molar-refractivity contribution in [3.05, 3.63) is 54.6 Å². The molecule has 0 amide bonds. The summed E-state index contributed by atoms with van der Waals surface area (Å²) in [6.07, 6.45) is 1.81. The number of phenols is 3. The van der Waals surface area contributed by atoms with Gasteiger partial charge in [0.05, 0.1) is 36.5 Å². The first-order valence-corrected chi connectivity index (χ1v) is 30.1. The fraction of sp³-hybridized carbons (Fsp3) is 0.562. The highest BCUT2D eigenvalue weighted by Crippen LogP contribution is 2.38. The van der Waals surface area contributed by atoms with Gasteiger partial charge in [-0.15, -0.1) is 0 Å². The number of ether oxygens (including phenoxy) is 3. The molecule has 1 aromatic heterocycles. The highest BCUT2D eigenvalue weighted by atomic mass is 28.4. The zero-order valence-corrected chi connectivity index (χ0v) is 45.0. The lowest BCUT2D eigenvalue weighted by Crippen LogP contribution is -2.46. The van der Waals surface area contributed by atoms with E-state index in [1.807, 2.05) is 62.3 Å². The Labute approximate surface area is 411 Å². The zero-order chi connectivity index (χ0) is 50.1. The van der Waals surface area contributed by atoms with Gasteiger partial charge in [-0.05, 0) is 118 Å². The molecule has 0 radical (unpaired) electrons. The van der Waals surface area contributed by atoms with E-state index in [2.05, 4.69) is 0 Å². The van der Waals surface area contributed by atoms with Gasteiger partial charge in [-0.25, -0.2) is 15.0 Å². The van der Waals surface area contributed by atoms with Gasteiger partial charge in [-0.2, -0.15) is 0 Å². The fourth-order valence-electron chi connectivity index (χ4n) is 7.55. The lowest BCUT2D eigenvalue weighted by molar-refractivity contribution is 0.0689. The molecule has 4 aromatic rings. The van der Waals surface area contributed by atoms with Gasteiger partial charge >= 0.3 is 26.4 Å². The molecular weight excluding hydrogens is 943 g/mol. The average Bonchev–Trinajstić information content (AvgIpc) is 3.31. The predicted molar refractivity (Wildman–Crippen MR) is 268 cm³/mol. The number of aromatic nitrogens is 3. The Morgan fingerprint density at radius 1 is 0.348 bits per heavy atom. The summed E-state index contributed by atoms with van der Waals surface area (Å²) >= 11 is 0. The molecule has 384 valence electrons. The maximum Gasteiger partial charge on any atom is 0.501 e. The van der Waals surface area contributed by atoms with Gasteiger partial charge in [0.1, 0.15) is 34.5 Å². The van der Waals surface area contributed by atoms with Crippen LogP contribution in [0, 0.1) is 0 Å². The number of nitrogens with zero attached hydrogens (tertiary/aromatic N) is 3. The van der Waals surface area contributed by atoms with E-state index in [1.54, 1.807) is 36.4 Å². The van der Waals surface area contributed by atoms with Crippen molar-refractivity contribution in [1.29, 1.82) is 0 Å². The predicted octanol–water partition coefficient (Wildman–Crippen LogP) is 9.44. The summed E-state index contributed by atoms with van der Waals surface area (Å²) in [5, 5.41) is 34.3. The molecule has 0 saturated heterocycles. The van der Waals surface area contributed by atoms with Crippen LogP contribution in [0.15, 0.2) is 54.6 Å². The number of phenolic OH excluding ortho intramolecular Hbond substituents is 3. The van der Waals surface area contributed by atoms with Gasteiger partial charge in [0, 0.05) is 95.8 Å². The van der Waals surface area contributed by atoms with Crippen LogP contribution in [0.3, 0.4) is 0 Å². The Morgan fingerprint density at radius 3 is 0.754 bits per heavy atom. The maximum absolute atomic E-state index is 11.4. The Bertz CT molecular complexity index is 1830. The van der Waals surface area contributed by atoms with Crippen LogP contribution in [0.5, 0.6) is 34.5 Å². The molecule has 18 nitrogen and oxygen atoms in total. The second kappa shape index (κ2) is 29.8. The summed E-state index contributed by atoms with van der Waals surface area (Å²) in [6, 6.07) is 16.2. The van der Waals surface area contributed by atoms with E-state index in [0.717, 1.165) is 0 Å². The third-order valence-corrected chi connectivity index (χ3v) is 19.7. The Hall–Kier alpha value is -4.24. The van der Waals surface area contributed by atoms with E-state index in [-0.39, 0.29) is 51.4 Å². The van der Waals surface area contributed by atoms with E-state index in [0.29, 0.717) is 134 Å². The maximum atomic E-state index is 11.4. The minimum Gasteiger partial charge on any atom is -0.507 e. The summed E-state index contributed by atoms with van der Waals surface area (Å²) < 4.78 is 71.9. The monoisotopic (exact) mass is 1020 g/mol. The molecule has 0 bridgehead atoms. The molecule has 0 fully saturated rings. The number of rotatable bonds is 36. The quantitative estimate of drug-likeness (QED) is 0.0286. The molecule has 0 unspecified atom stereocenters. The smallest absolute Gasteiger partial charge is 0.501 e. The van der Waals surface area contributed by atoms with Crippen molar-refractivity contribution >= 4 is 26.4 Å². The molecule has 0 spiro atoms. The van der Waals surface area contributed by atoms with Crippen molar-refractivity contribution in [3.8, 4) is 68.7 Å². The molecule has 0 atom stereocenters. The molecule has 1 heterocycles. The van der Waals surface area contributed by atoms with Gasteiger partial charge in [0.25, 0.3) is 0 Å². The van der Waals surface area contributed by atoms with Crippen LogP contribution < -0.4 is 14.2 Å². The SMILES string of the molecule is CCO[Si](CCCOc1ccc(-c2nc(-c3ccc(OCCC[Si](OCC)(OCC)OCC)cc3O)nc(-c3ccc(OCCC[Si](OCC)(OCC)OCC)cc3O)n2)c(O)c1)(OCC)OCC. The lowest BCUT2D eigenvalue weighted by atomic mass is 10.1. The third kappa shape index (κ3) is 17.2. The van der Waals surface area contributed by atoms with E-state index in [1.165, 1.54) is 18.2 Å². The number of benzene rings is 3. The van der Waals surface area contributed by atoms with E-state index < -0.39 is 26.4 Å². The minimum absolute atomic E-state index is 0.0792. The fourth-order valence-corrected chi connectivity index (χ4v) is 15.3. The Kier molecular flexibility index (Phi) is 24.8. The summed E-state index contributed by atoms with van der Waals surface area (Å²) in [5.74, 6) is 1.03. The third-order valence-electron chi connectivity index (χ3n) is 10.2. The molecule has 21 heteroatoms. The van der Waals surface area contributed by atoms with Crippen LogP contribution >= 0.6 is 0 Å². The Morgan fingerprint density at radius 2 is 0.565 bits per heavy atom. The van der Waals surface area contributed by atoms with Crippen molar-refractivity contribution in [2.24, 2.45) is 0 Å². The zero-order valence-electron chi connectivity index (χ0n) is 42.0. The normalized spacial score (nSPS) is 12.1. The van der Waals surface area contributed by atoms with Crippen LogP contribution in [0.4, 0.5) is 0 Å². The van der Waals surface area contributed by atoms with E-state index >= 15 is 0 Å². The van der Waals surface area contributed by atoms with Gasteiger partial charge in [-0.1, -0.05) is 0 Å². The van der Waals surface area contributed by atoms with Gasteiger partial charge in [-0.3, -0.25) is 0 Å². The number of hydrogen-bond donors (Lipinski definition) is 3. The molecule has 0 aliphatic heterocycles. The van der Waals surface area contributed by atoms with Crippen molar-refractivity contribution in [1.82, 2.24) is 15.0 Å². The van der Waals surface area contributed by atoms with Crippen LogP contribution in [0.25, 0.3) is 34.2 Å². The summed E-state index contributed by atoms with van der Waals surface area (Å²) in [4.78, 5) is 14.1. The molecule has 3 N–H and O–H groups in total. The van der Waals surface area contributed by atoms with Crippen molar-refractivity contribution in [2.75, 3.05) is 79.3 Å². The minimum atomic E-state index is -2.85. The number of aromatic hydroxyl groups is 3. The van der Waals surface area contributed by atoms with Crippen LogP contribution in [0.1, 0.15) is 81.6 Å². The molecule has 0 saturated carbocycles. The lowest BCUT2D eigenvalue weighted by Gasteiger charge is -2.28. The first-order chi connectivity index (χ1) is 33.4. The highest BCUT2D eigenvalue weighted by Gasteiger charge is 2.41. The van der Waals surface area contributed by atoms with Gasteiger partial charge in [0.15, 0.2) is 17.5 Å². The molecule has 0 aliphatic carbocycles. The largest absolute Gasteiger partial charge is 0.507 e. The summed E-state index contributed by atoms with van der Waals surface area (Å²) in [6.45, 7) is 22.5. The van der Waals surface area contributed by atoms with Crippen molar-refractivity contribution in [3.63, 3.8) is 0 Å². The second-order valence-electron chi connectivity index (χ2n) is 15.1. The van der Waals surface area contributed by atoms with Crippen molar-refractivity contribution < 1.29 is 69.4 Å². The molecule has 0 aliphatic rings. The molecule has 4 rings (SSSR count). The van der Waals surface area contributed by atoms with Gasteiger partial charge in [0.2, 0.25) is 0 Å². The molecular formula is C48H75N3O15Si3. The van der Waals surface area contributed by atoms with Crippen LogP contribution in [-0.2, 0) is 39.8 Å². The summed E-state index contributed by atoms with van der Waals surface area (Å²) in [5.41, 5.74) is 0.787. The first kappa shape index (κ1) is 57.3. The average molecular weight is 1020 g/mol. The van der Waals surface area contributed by atoms with E-state index in [4.69, 9.17) is 69.0 Å². The van der Waals surface area contributed by atoms with Gasteiger partial charge < -0.3 is 69.4 Å². The summed E-state index contributed by atoms with van der Waals surface area (Å²) in [7, 11) is -8.54. The topological polar surface area (TPSA) is 210 Å². The standard InChI is InChI=1S/C48H75N3O15Si3/c1-10-58-67(59-11-2,60-12-3)31-19-28-55-37-22-25-40(43(52)34-37)46-49-47(41-26-23-38(35-44(41)53)56-29-20-32-68(61-13-4,62-14-5)63-15-6)51-48(50-46)42-27-24-39(36-45(42)54)57-30-21-33-69(64-16-7,65-17-8)66-18-9/h22-27,34-36,52-54H,10-21,28-33H2,1-9H3. The second-order valence-corrected chi connectivity index (χ2v) is 23.3. The van der Waals surface area contributed by atoms with Crippen LogP contribution in [0.2, 0.25) is 18.1 Å². The van der Waals surface area contributed by atoms with E-state index in [9.17, 15) is 15.3 Å². The molecule has 69 heavy (non-hydrogen) atoms. The Balaban J connectivity index is 1.61. The molecule has 3 aromatic carbocycles. The van der Waals surface area contributed by atoms with Crippen LogP contribution in [-0.4, -0.2) is 136 Å². The first-order valence-electron chi connectivity index (χ1n) is 24.3. The number of hydrogen-bond acceptors (Lipinski definition) is 18. The highest BCUT2D eigenvalue weighted by molar-refractivity contribution is 6.61.